The minimum Gasteiger partial charge on any atom is -0.322 e. The number of imide groups is 1. The van der Waals surface area contributed by atoms with E-state index in [2.05, 4.69) is 10.6 Å². The lowest BCUT2D eigenvalue weighted by Gasteiger charge is -2.29. The second-order valence-corrected chi connectivity index (χ2v) is 7.63. The fourth-order valence-corrected chi connectivity index (χ4v) is 3.85. The number of fused-ring (bicyclic) bond motifs is 1. The van der Waals surface area contributed by atoms with Crippen LogP contribution in [0.4, 0.5) is 5.69 Å². The minimum absolute atomic E-state index is 0.0130. The van der Waals surface area contributed by atoms with E-state index in [9.17, 15) is 24.0 Å². The number of rotatable bonds is 5. The van der Waals surface area contributed by atoms with E-state index < -0.39 is 17.9 Å². The van der Waals surface area contributed by atoms with Gasteiger partial charge < -0.3 is 10.2 Å². The van der Waals surface area contributed by atoms with Crippen LogP contribution in [0.5, 0.6) is 0 Å². The van der Waals surface area contributed by atoms with Gasteiger partial charge in [-0.05, 0) is 47.9 Å². The summed E-state index contributed by atoms with van der Waals surface area (Å²) in [6, 6.07) is 10.6. The fraction of sp³-hybridized carbons (Fsp3) is 0.227. The summed E-state index contributed by atoms with van der Waals surface area (Å²) in [6.45, 7) is 0.214. The predicted molar refractivity (Wildman–Crippen MR) is 111 cm³/mol. The van der Waals surface area contributed by atoms with Gasteiger partial charge in [0.1, 0.15) is 6.04 Å². The van der Waals surface area contributed by atoms with Crippen molar-refractivity contribution in [2.24, 2.45) is 0 Å². The Labute approximate surface area is 182 Å². The van der Waals surface area contributed by atoms with Crippen LogP contribution in [0.2, 0.25) is 0 Å². The largest absolute Gasteiger partial charge is 0.322 e. The smallest absolute Gasteiger partial charge is 0.255 e. The van der Waals surface area contributed by atoms with Crippen LogP contribution in [-0.2, 0) is 27.3 Å². The van der Waals surface area contributed by atoms with Gasteiger partial charge in [0.15, 0.2) is 0 Å². The first-order chi connectivity index (χ1) is 15.4. The highest BCUT2D eigenvalue weighted by molar-refractivity contribution is 6.07. The van der Waals surface area contributed by atoms with Crippen LogP contribution in [0.25, 0.3) is 0 Å². The maximum atomic E-state index is 12.7. The second kappa shape index (κ2) is 8.60. The molecule has 4 N–H and O–H groups in total. The summed E-state index contributed by atoms with van der Waals surface area (Å²) in [5.41, 5.74) is 4.20. The van der Waals surface area contributed by atoms with E-state index in [4.69, 9.17) is 5.21 Å². The summed E-state index contributed by atoms with van der Waals surface area (Å²) in [7, 11) is 0. The fourth-order valence-electron chi connectivity index (χ4n) is 3.85. The van der Waals surface area contributed by atoms with Crippen molar-refractivity contribution in [3.05, 3.63) is 64.7 Å². The van der Waals surface area contributed by atoms with Gasteiger partial charge >= 0.3 is 0 Å². The topological polar surface area (TPSA) is 145 Å². The number of carbonyl (C=O) groups excluding carboxylic acids is 5. The molecule has 2 heterocycles. The third-order valence-electron chi connectivity index (χ3n) is 5.49. The third-order valence-corrected chi connectivity index (χ3v) is 5.49. The number of anilines is 1. The molecule has 0 saturated carbocycles. The van der Waals surface area contributed by atoms with Gasteiger partial charge in [0.05, 0.1) is 6.42 Å². The molecule has 0 spiro atoms. The first-order valence-corrected chi connectivity index (χ1v) is 9.96. The van der Waals surface area contributed by atoms with Gasteiger partial charge in [-0.3, -0.25) is 34.5 Å². The number of amides is 5. The number of nitrogens with zero attached hydrogens (tertiary/aromatic N) is 1. The molecule has 10 heteroatoms. The highest BCUT2D eigenvalue weighted by atomic mass is 16.5. The van der Waals surface area contributed by atoms with Gasteiger partial charge in [-0.2, -0.15) is 0 Å². The predicted octanol–water partition coefficient (Wildman–Crippen LogP) is 0.748. The normalized spacial score (nSPS) is 17.6. The Morgan fingerprint density at radius 2 is 1.84 bits per heavy atom. The summed E-state index contributed by atoms with van der Waals surface area (Å²) in [4.78, 5) is 61.5. The molecule has 2 aromatic rings. The molecule has 10 nitrogen and oxygen atoms in total. The van der Waals surface area contributed by atoms with Crippen molar-refractivity contribution >= 4 is 35.2 Å². The molecule has 1 unspecified atom stereocenters. The van der Waals surface area contributed by atoms with Gasteiger partial charge in [0.25, 0.3) is 11.8 Å². The number of hydrogen-bond acceptors (Lipinski definition) is 6. The SMILES string of the molecule is O=C(Cc1ccc(C(=O)Nc2ccc3c(c2)CN(C2CCC(=O)NC2=O)C3=O)cc1)NO. The molecular formula is C22H20N4O6. The van der Waals surface area contributed by atoms with Crippen molar-refractivity contribution in [2.75, 3.05) is 5.32 Å². The quantitative estimate of drug-likeness (QED) is 0.309. The van der Waals surface area contributed by atoms with Crippen molar-refractivity contribution < 1.29 is 29.2 Å². The third kappa shape index (κ3) is 4.21. The van der Waals surface area contributed by atoms with Crippen molar-refractivity contribution in [1.29, 1.82) is 0 Å². The van der Waals surface area contributed by atoms with Gasteiger partial charge in [-0.1, -0.05) is 12.1 Å². The highest BCUT2D eigenvalue weighted by Gasteiger charge is 2.39. The molecule has 0 radical (unpaired) electrons. The maximum Gasteiger partial charge on any atom is 0.255 e. The molecule has 4 rings (SSSR count). The summed E-state index contributed by atoms with van der Waals surface area (Å²) in [6.07, 6.45) is 0.451. The van der Waals surface area contributed by atoms with Crippen LogP contribution in [0.1, 0.15) is 44.7 Å². The molecule has 0 aliphatic carbocycles. The van der Waals surface area contributed by atoms with Gasteiger partial charge in [0.2, 0.25) is 17.7 Å². The van der Waals surface area contributed by atoms with Crippen LogP contribution in [0.15, 0.2) is 42.5 Å². The number of carbonyl (C=O) groups is 5. The van der Waals surface area contributed by atoms with Crippen LogP contribution < -0.4 is 16.1 Å². The maximum absolute atomic E-state index is 12.7. The van der Waals surface area contributed by atoms with Crippen LogP contribution in [0.3, 0.4) is 0 Å². The first-order valence-electron chi connectivity index (χ1n) is 9.96. The molecule has 2 aliphatic rings. The lowest BCUT2D eigenvalue weighted by Crippen LogP contribution is -2.52. The van der Waals surface area contributed by atoms with Crippen molar-refractivity contribution in [2.45, 2.75) is 31.8 Å². The van der Waals surface area contributed by atoms with Gasteiger partial charge in [0, 0.05) is 29.8 Å². The van der Waals surface area contributed by atoms with Gasteiger partial charge in [-0.25, -0.2) is 5.48 Å². The molecule has 0 aromatic heterocycles. The van der Waals surface area contributed by atoms with E-state index in [-0.39, 0.29) is 43.5 Å². The number of hydroxylamine groups is 1. The van der Waals surface area contributed by atoms with Crippen molar-refractivity contribution in [3.8, 4) is 0 Å². The first kappa shape index (κ1) is 21.2. The Balaban J connectivity index is 1.44. The Kier molecular flexibility index (Phi) is 5.69. The molecule has 164 valence electrons. The van der Waals surface area contributed by atoms with E-state index in [1.807, 2.05) is 0 Å². The van der Waals surface area contributed by atoms with Crippen LogP contribution >= 0.6 is 0 Å². The van der Waals surface area contributed by atoms with E-state index >= 15 is 0 Å². The zero-order chi connectivity index (χ0) is 22.8. The Morgan fingerprint density at radius 3 is 2.53 bits per heavy atom. The Morgan fingerprint density at radius 1 is 1.09 bits per heavy atom. The summed E-state index contributed by atoms with van der Waals surface area (Å²) in [5, 5.41) is 13.6. The molecule has 2 aromatic carbocycles. The average molecular weight is 436 g/mol. The van der Waals surface area contributed by atoms with Crippen LogP contribution in [-0.4, -0.2) is 45.7 Å². The molecule has 1 atom stereocenters. The van der Waals surface area contributed by atoms with Gasteiger partial charge in [-0.15, -0.1) is 0 Å². The molecule has 32 heavy (non-hydrogen) atoms. The molecule has 2 aliphatic heterocycles. The van der Waals surface area contributed by atoms with E-state index in [1.165, 1.54) is 4.90 Å². The number of piperidine rings is 1. The Bertz CT molecular complexity index is 1130. The van der Waals surface area contributed by atoms with E-state index in [0.717, 1.165) is 0 Å². The highest BCUT2D eigenvalue weighted by Crippen LogP contribution is 2.29. The standard InChI is InChI=1S/C22H20N4O6/c27-18-8-7-17(21(30)24-18)26-11-14-10-15(5-6-16(14)22(26)31)23-20(29)13-3-1-12(2-4-13)9-19(28)25-32/h1-6,10,17,32H,7-9,11H2,(H,23,29)(H,25,28)(H,24,27,30). The average Bonchev–Trinajstić information content (AvgIpc) is 3.09. The minimum atomic E-state index is -0.697. The monoisotopic (exact) mass is 436 g/mol. The Hall–Kier alpha value is -4.05. The van der Waals surface area contributed by atoms with Crippen LogP contribution in [0, 0.1) is 0 Å². The molecular weight excluding hydrogens is 416 g/mol. The molecule has 1 saturated heterocycles. The number of nitrogens with one attached hydrogen (secondary N) is 3. The number of benzene rings is 2. The summed E-state index contributed by atoms with van der Waals surface area (Å²) in [5.74, 6) is -2.02. The second-order valence-electron chi connectivity index (χ2n) is 7.63. The van der Waals surface area contributed by atoms with E-state index in [1.54, 1.807) is 47.9 Å². The molecule has 1 fully saturated rings. The summed E-state index contributed by atoms with van der Waals surface area (Å²) >= 11 is 0. The zero-order valence-corrected chi connectivity index (χ0v) is 16.9. The number of hydrogen-bond donors (Lipinski definition) is 4. The summed E-state index contributed by atoms with van der Waals surface area (Å²) < 4.78 is 0. The zero-order valence-electron chi connectivity index (χ0n) is 16.9. The lowest BCUT2D eigenvalue weighted by atomic mass is 10.0. The van der Waals surface area contributed by atoms with E-state index in [0.29, 0.717) is 27.9 Å². The molecule has 0 bridgehead atoms. The van der Waals surface area contributed by atoms with Crippen molar-refractivity contribution in [3.63, 3.8) is 0 Å². The molecule has 5 amide bonds. The van der Waals surface area contributed by atoms with Crippen molar-refractivity contribution in [1.82, 2.24) is 15.7 Å². The lowest BCUT2D eigenvalue weighted by molar-refractivity contribution is -0.137.